The fraction of sp³-hybridized carbons (Fsp3) is 0.500. The third-order valence-electron chi connectivity index (χ3n) is 2.32. The quantitative estimate of drug-likeness (QED) is 0.685. The molecule has 0 amide bonds. The Balaban J connectivity index is 2.53. The van der Waals surface area contributed by atoms with E-state index in [9.17, 15) is 8.42 Å². The van der Waals surface area contributed by atoms with Gasteiger partial charge in [0, 0.05) is 13.1 Å². The SMILES string of the molecule is CC(C)CNS(=O)(=O)NCc1cccc(CO)c1. The van der Waals surface area contributed by atoms with E-state index in [2.05, 4.69) is 9.44 Å². The molecule has 0 aromatic heterocycles. The van der Waals surface area contributed by atoms with Crippen molar-refractivity contribution in [3.8, 4) is 0 Å². The number of aliphatic hydroxyl groups is 1. The van der Waals surface area contributed by atoms with Crippen LogP contribution < -0.4 is 9.44 Å². The van der Waals surface area contributed by atoms with E-state index < -0.39 is 10.2 Å². The summed E-state index contributed by atoms with van der Waals surface area (Å²) in [5, 5.41) is 8.98. The number of aliphatic hydroxyl groups excluding tert-OH is 1. The van der Waals surface area contributed by atoms with E-state index >= 15 is 0 Å². The highest BCUT2D eigenvalue weighted by Crippen LogP contribution is 2.05. The zero-order valence-corrected chi connectivity index (χ0v) is 11.5. The van der Waals surface area contributed by atoms with Gasteiger partial charge in [0.05, 0.1) is 6.61 Å². The first-order valence-electron chi connectivity index (χ1n) is 5.86. The van der Waals surface area contributed by atoms with Gasteiger partial charge < -0.3 is 5.11 Å². The van der Waals surface area contributed by atoms with Crippen molar-refractivity contribution < 1.29 is 13.5 Å². The Hall–Kier alpha value is -0.950. The zero-order valence-electron chi connectivity index (χ0n) is 10.7. The molecule has 6 heteroatoms. The predicted octanol–water partition coefficient (Wildman–Crippen LogP) is 0.759. The maximum absolute atomic E-state index is 11.6. The van der Waals surface area contributed by atoms with Crippen LogP contribution in [0.1, 0.15) is 25.0 Å². The Morgan fingerprint density at radius 3 is 2.50 bits per heavy atom. The minimum Gasteiger partial charge on any atom is -0.392 e. The topological polar surface area (TPSA) is 78.4 Å². The summed E-state index contributed by atoms with van der Waals surface area (Å²) in [7, 11) is -3.46. The van der Waals surface area contributed by atoms with Crippen LogP contribution in [0.2, 0.25) is 0 Å². The van der Waals surface area contributed by atoms with Crippen LogP contribution in [-0.2, 0) is 23.4 Å². The lowest BCUT2D eigenvalue weighted by Gasteiger charge is -2.10. The Labute approximate surface area is 108 Å². The summed E-state index contributed by atoms with van der Waals surface area (Å²) in [6, 6.07) is 7.15. The fourth-order valence-electron chi connectivity index (χ4n) is 1.34. The molecule has 0 fully saturated rings. The number of hydrogen-bond acceptors (Lipinski definition) is 3. The van der Waals surface area contributed by atoms with Crippen LogP contribution in [0.4, 0.5) is 0 Å². The Morgan fingerprint density at radius 1 is 1.22 bits per heavy atom. The molecule has 0 heterocycles. The molecule has 0 radical (unpaired) electrons. The number of benzene rings is 1. The van der Waals surface area contributed by atoms with Crippen molar-refractivity contribution in [3.63, 3.8) is 0 Å². The molecule has 0 aliphatic carbocycles. The maximum atomic E-state index is 11.6. The second-order valence-electron chi connectivity index (χ2n) is 4.54. The van der Waals surface area contributed by atoms with Crippen LogP contribution in [-0.4, -0.2) is 20.1 Å². The molecule has 102 valence electrons. The van der Waals surface area contributed by atoms with Gasteiger partial charge in [0.25, 0.3) is 10.2 Å². The third kappa shape index (κ3) is 5.59. The Morgan fingerprint density at radius 2 is 1.89 bits per heavy atom. The highest BCUT2D eigenvalue weighted by Gasteiger charge is 2.09. The molecular formula is C12H20N2O3S. The van der Waals surface area contributed by atoms with E-state index in [1.54, 1.807) is 18.2 Å². The molecular weight excluding hydrogens is 252 g/mol. The minimum absolute atomic E-state index is 0.0494. The Bertz CT molecular complexity index is 472. The van der Waals surface area contributed by atoms with Gasteiger partial charge in [-0.1, -0.05) is 38.1 Å². The standard InChI is InChI=1S/C12H20N2O3S/c1-10(2)7-13-18(16,17)14-8-11-4-3-5-12(6-11)9-15/h3-6,10,13-15H,7-9H2,1-2H3. The molecule has 0 saturated heterocycles. The molecule has 3 N–H and O–H groups in total. The summed E-state index contributed by atoms with van der Waals surface area (Å²) >= 11 is 0. The molecule has 1 rings (SSSR count). The van der Waals surface area contributed by atoms with Crippen LogP contribution >= 0.6 is 0 Å². The molecule has 18 heavy (non-hydrogen) atoms. The lowest BCUT2D eigenvalue weighted by molar-refractivity contribution is 0.281. The van der Waals surface area contributed by atoms with Gasteiger partial charge in [0.1, 0.15) is 0 Å². The average Bonchev–Trinajstić information content (AvgIpc) is 2.35. The summed E-state index contributed by atoms with van der Waals surface area (Å²) in [6.45, 7) is 4.44. The van der Waals surface area contributed by atoms with E-state index in [0.29, 0.717) is 6.54 Å². The van der Waals surface area contributed by atoms with E-state index in [0.717, 1.165) is 11.1 Å². The molecule has 5 nitrogen and oxygen atoms in total. The van der Waals surface area contributed by atoms with Gasteiger partial charge in [-0.2, -0.15) is 13.1 Å². The van der Waals surface area contributed by atoms with E-state index in [1.165, 1.54) is 0 Å². The van der Waals surface area contributed by atoms with Crippen LogP contribution in [0.3, 0.4) is 0 Å². The lowest BCUT2D eigenvalue weighted by Crippen LogP contribution is -2.37. The average molecular weight is 272 g/mol. The summed E-state index contributed by atoms with van der Waals surface area (Å²) in [6.07, 6.45) is 0. The molecule has 1 aromatic rings. The van der Waals surface area contributed by atoms with Gasteiger partial charge >= 0.3 is 0 Å². The van der Waals surface area contributed by atoms with E-state index in [4.69, 9.17) is 5.11 Å². The molecule has 0 aliphatic rings. The first kappa shape index (κ1) is 15.1. The van der Waals surface area contributed by atoms with Crippen molar-refractivity contribution in [1.82, 2.24) is 9.44 Å². The molecule has 0 spiro atoms. The van der Waals surface area contributed by atoms with Crippen LogP contribution in [0.5, 0.6) is 0 Å². The van der Waals surface area contributed by atoms with Crippen molar-refractivity contribution in [1.29, 1.82) is 0 Å². The predicted molar refractivity (Wildman–Crippen MR) is 71.0 cm³/mol. The molecule has 0 aliphatic heterocycles. The Kier molecular flexibility index (Phi) is 5.74. The second kappa shape index (κ2) is 6.84. The number of rotatable bonds is 7. The first-order valence-corrected chi connectivity index (χ1v) is 7.34. The second-order valence-corrected chi connectivity index (χ2v) is 6.13. The zero-order chi connectivity index (χ0) is 13.6. The normalized spacial score (nSPS) is 12.0. The van der Waals surface area contributed by atoms with Crippen molar-refractivity contribution in [2.45, 2.75) is 27.0 Å². The summed E-state index contributed by atoms with van der Waals surface area (Å²) in [5.41, 5.74) is 1.58. The van der Waals surface area contributed by atoms with Gasteiger partial charge in [-0.15, -0.1) is 0 Å². The summed E-state index contributed by atoms with van der Waals surface area (Å²) < 4.78 is 28.1. The third-order valence-corrected chi connectivity index (χ3v) is 3.39. The monoisotopic (exact) mass is 272 g/mol. The number of nitrogens with one attached hydrogen (secondary N) is 2. The summed E-state index contributed by atoms with van der Waals surface area (Å²) in [5.74, 6) is 0.263. The molecule has 0 bridgehead atoms. The van der Waals surface area contributed by atoms with Crippen molar-refractivity contribution in [2.75, 3.05) is 6.54 Å². The molecule has 1 aromatic carbocycles. The van der Waals surface area contributed by atoms with Gasteiger partial charge in [-0.3, -0.25) is 0 Å². The van der Waals surface area contributed by atoms with Gasteiger partial charge in [0.2, 0.25) is 0 Å². The highest BCUT2D eigenvalue weighted by atomic mass is 32.2. The van der Waals surface area contributed by atoms with Crippen molar-refractivity contribution >= 4 is 10.2 Å². The van der Waals surface area contributed by atoms with Gasteiger partial charge in [-0.05, 0) is 17.0 Å². The maximum Gasteiger partial charge on any atom is 0.277 e. The molecule has 0 saturated carbocycles. The first-order chi connectivity index (χ1) is 8.43. The smallest absolute Gasteiger partial charge is 0.277 e. The van der Waals surface area contributed by atoms with Crippen LogP contribution in [0.15, 0.2) is 24.3 Å². The van der Waals surface area contributed by atoms with Gasteiger partial charge in [0.15, 0.2) is 0 Å². The highest BCUT2D eigenvalue weighted by molar-refractivity contribution is 7.87. The summed E-state index contributed by atoms with van der Waals surface area (Å²) in [4.78, 5) is 0. The largest absolute Gasteiger partial charge is 0.392 e. The van der Waals surface area contributed by atoms with Gasteiger partial charge in [-0.25, -0.2) is 4.72 Å². The molecule has 0 atom stereocenters. The number of hydrogen-bond donors (Lipinski definition) is 3. The molecule has 0 unspecified atom stereocenters. The van der Waals surface area contributed by atoms with Crippen molar-refractivity contribution in [2.24, 2.45) is 5.92 Å². The lowest BCUT2D eigenvalue weighted by atomic mass is 10.1. The van der Waals surface area contributed by atoms with E-state index in [-0.39, 0.29) is 19.1 Å². The van der Waals surface area contributed by atoms with Crippen LogP contribution in [0.25, 0.3) is 0 Å². The van der Waals surface area contributed by atoms with Crippen LogP contribution in [0, 0.1) is 5.92 Å². The fourth-order valence-corrected chi connectivity index (χ4v) is 2.36. The van der Waals surface area contributed by atoms with Crippen molar-refractivity contribution in [3.05, 3.63) is 35.4 Å². The minimum atomic E-state index is -3.46. The van der Waals surface area contributed by atoms with E-state index in [1.807, 2.05) is 19.9 Å².